The third-order valence-corrected chi connectivity index (χ3v) is 1.66. The molecule has 0 unspecified atom stereocenters. The Morgan fingerprint density at radius 2 is 2.00 bits per heavy atom. The normalized spacial score (nSPS) is 10.7. The van der Waals surface area contributed by atoms with Gasteiger partial charge >= 0.3 is 5.97 Å². The second-order valence-corrected chi connectivity index (χ2v) is 3.26. The van der Waals surface area contributed by atoms with Crippen LogP contribution in [0.5, 0.6) is 0 Å². The molecule has 4 nitrogen and oxygen atoms in total. The standard InChI is InChI=1S/C7H12ClNO3/c1-7(2,6(11)12-3)4-5(10)9-8/h4H2,1-3H3,(H,9,10). The Morgan fingerprint density at radius 1 is 1.50 bits per heavy atom. The maximum absolute atomic E-state index is 11.0. The van der Waals surface area contributed by atoms with Crippen LogP contribution >= 0.6 is 11.8 Å². The summed E-state index contributed by atoms with van der Waals surface area (Å²) in [7, 11) is 1.28. The Kier molecular flexibility index (Phi) is 4.03. The second kappa shape index (κ2) is 4.30. The molecule has 0 aromatic rings. The predicted molar refractivity (Wildman–Crippen MR) is 44.4 cm³/mol. The minimum absolute atomic E-state index is 0.0170. The molecule has 0 saturated carbocycles. The third-order valence-electron chi connectivity index (χ3n) is 1.45. The molecular formula is C7H12ClNO3. The first-order valence-corrected chi connectivity index (χ1v) is 3.79. The van der Waals surface area contributed by atoms with Crippen LogP contribution in [-0.2, 0) is 14.3 Å². The Hall–Kier alpha value is -0.770. The molecule has 0 aromatic heterocycles. The van der Waals surface area contributed by atoms with Gasteiger partial charge in [-0.1, -0.05) is 0 Å². The van der Waals surface area contributed by atoms with E-state index >= 15 is 0 Å². The molecule has 70 valence electrons. The lowest BCUT2D eigenvalue weighted by Crippen LogP contribution is -2.31. The maximum Gasteiger partial charge on any atom is 0.311 e. The summed E-state index contributed by atoms with van der Waals surface area (Å²) in [5.74, 6) is -0.824. The predicted octanol–water partition coefficient (Wildman–Crippen LogP) is 0.846. The van der Waals surface area contributed by atoms with E-state index in [2.05, 4.69) is 4.74 Å². The fraction of sp³-hybridized carbons (Fsp3) is 0.714. The third kappa shape index (κ3) is 3.09. The van der Waals surface area contributed by atoms with Crippen molar-refractivity contribution in [3.63, 3.8) is 0 Å². The van der Waals surface area contributed by atoms with Crippen LogP contribution in [-0.4, -0.2) is 19.0 Å². The summed E-state index contributed by atoms with van der Waals surface area (Å²) in [6, 6.07) is 0. The van der Waals surface area contributed by atoms with Crippen molar-refractivity contribution in [1.82, 2.24) is 4.84 Å². The molecule has 0 saturated heterocycles. The summed E-state index contributed by atoms with van der Waals surface area (Å²) in [5, 5.41) is 0. The monoisotopic (exact) mass is 193 g/mol. The molecule has 12 heavy (non-hydrogen) atoms. The summed E-state index contributed by atoms with van der Waals surface area (Å²) in [6.45, 7) is 3.23. The van der Waals surface area contributed by atoms with Gasteiger partial charge in [-0.25, -0.2) is 0 Å². The minimum atomic E-state index is -0.826. The number of halogens is 1. The molecule has 5 heteroatoms. The first-order chi connectivity index (χ1) is 5.44. The molecule has 0 radical (unpaired) electrons. The molecule has 0 heterocycles. The molecule has 0 aliphatic heterocycles. The van der Waals surface area contributed by atoms with Crippen LogP contribution in [0.3, 0.4) is 0 Å². The first-order valence-electron chi connectivity index (χ1n) is 3.42. The van der Waals surface area contributed by atoms with Gasteiger partial charge in [0, 0.05) is 18.2 Å². The van der Waals surface area contributed by atoms with Crippen molar-refractivity contribution >= 4 is 23.7 Å². The quantitative estimate of drug-likeness (QED) is 0.534. The lowest BCUT2D eigenvalue weighted by Gasteiger charge is -2.19. The van der Waals surface area contributed by atoms with Crippen molar-refractivity contribution < 1.29 is 14.3 Å². The molecular weight excluding hydrogens is 182 g/mol. The van der Waals surface area contributed by atoms with Crippen molar-refractivity contribution in [2.24, 2.45) is 5.41 Å². The van der Waals surface area contributed by atoms with Gasteiger partial charge in [0.2, 0.25) is 5.91 Å². The summed E-state index contributed by atoms with van der Waals surface area (Å²) in [5.41, 5.74) is -0.826. The number of amides is 1. The lowest BCUT2D eigenvalue weighted by atomic mass is 9.89. The highest BCUT2D eigenvalue weighted by Crippen LogP contribution is 2.21. The molecule has 0 aliphatic carbocycles. The number of hydrogen-bond acceptors (Lipinski definition) is 3. The van der Waals surface area contributed by atoms with Gasteiger partial charge in [0.25, 0.3) is 0 Å². The zero-order valence-electron chi connectivity index (χ0n) is 7.31. The Morgan fingerprint density at radius 3 is 2.33 bits per heavy atom. The molecule has 0 spiro atoms. The fourth-order valence-electron chi connectivity index (χ4n) is 0.783. The number of carbonyl (C=O) groups excluding carboxylic acids is 2. The van der Waals surface area contributed by atoms with Crippen LogP contribution in [0.2, 0.25) is 0 Å². The Labute approximate surface area is 76.3 Å². The smallest absolute Gasteiger partial charge is 0.311 e. The number of carbonyl (C=O) groups is 2. The van der Waals surface area contributed by atoms with E-state index < -0.39 is 17.3 Å². The van der Waals surface area contributed by atoms with E-state index in [4.69, 9.17) is 11.8 Å². The maximum atomic E-state index is 11.0. The van der Waals surface area contributed by atoms with Crippen LogP contribution in [0.25, 0.3) is 0 Å². The summed E-state index contributed by atoms with van der Waals surface area (Å²) in [6.07, 6.45) is 0.0170. The summed E-state index contributed by atoms with van der Waals surface area (Å²) < 4.78 is 4.50. The van der Waals surface area contributed by atoms with Crippen molar-refractivity contribution in [3.8, 4) is 0 Å². The molecule has 0 atom stereocenters. The van der Waals surface area contributed by atoms with E-state index in [1.54, 1.807) is 13.8 Å². The van der Waals surface area contributed by atoms with Gasteiger partial charge in [0.15, 0.2) is 0 Å². The Bertz CT molecular complexity index is 191. The van der Waals surface area contributed by atoms with Crippen LogP contribution in [0.1, 0.15) is 20.3 Å². The summed E-state index contributed by atoms with van der Waals surface area (Å²) >= 11 is 5.05. The van der Waals surface area contributed by atoms with Gasteiger partial charge in [-0.3, -0.25) is 14.4 Å². The van der Waals surface area contributed by atoms with E-state index in [1.165, 1.54) is 7.11 Å². The molecule has 1 N–H and O–H groups in total. The molecule has 0 fully saturated rings. The van der Waals surface area contributed by atoms with Crippen LogP contribution < -0.4 is 4.84 Å². The van der Waals surface area contributed by atoms with Crippen LogP contribution in [0.15, 0.2) is 0 Å². The molecule has 0 rings (SSSR count). The number of esters is 1. The van der Waals surface area contributed by atoms with Gasteiger partial charge in [-0.15, -0.1) is 0 Å². The van der Waals surface area contributed by atoms with Crippen LogP contribution in [0, 0.1) is 5.41 Å². The Balaban J connectivity index is 4.21. The van der Waals surface area contributed by atoms with Crippen molar-refractivity contribution in [2.45, 2.75) is 20.3 Å². The largest absolute Gasteiger partial charge is 0.469 e. The topological polar surface area (TPSA) is 55.4 Å². The van der Waals surface area contributed by atoms with Crippen molar-refractivity contribution in [3.05, 3.63) is 0 Å². The van der Waals surface area contributed by atoms with Gasteiger partial charge in [0.1, 0.15) is 0 Å². The lowest BCUT2D eigenvalue weighted by molar-refractivity contribution is -0.152. The van der Waals surface area contributed by atoms with E-state index in [1.807, 2.05) is 4.84 Å². The van der Waals surface area contributed by atoms with E-state index in [0.29, 0.717) is 0 Å². The second-order valence-electron chi connectivity index (χ2n) is 3.07. The zero-order chi connectivity index (χ0) is 9.78. The minimum Gasteiger partial charge on any atom is -0.469 e. The number of methoxy groups -OCH3 is 1. The summed E-state index contributed by atoms with van der Waals surface area (Å²) in [4.78, 5) is 23.8. The van der Waals surface area contributed by atoms with Gasteiger partial charge in [0.05, 0.1) is 12.5 Å². The molecule has 0 aliphatic rings. The SMILES string of the molecule is COC(=O)C(C)(C)CC(=O)NCl. The number of rotatable bonds is 3. The number of ether oxygens (including phenoxy) is 1. The van der Waals surface area contributed by atoms with Crippen molar-refractivity contribution in [2.75, 3.05) is 7.11 Å². The highest BCUT2D eigenvalue weighted by Gasteiger charge is 2.31. The van der Waals surface area contributed by atoms with Gasteiger partial charge in [-0.05, 0) is 13.8 Å². The fourth-order valence-corrected chi connectivity index (χ4v) is 0.850. The first kappa shape index (κ1) is 11.2. The molecule has 1 amide bonds. The number of hydrogen-bond donors (Lipinski definition) is 1. The van der Waals surface area contributed by atoms with Crippen molar-refractivity contribution in [1.29, 1.82) is 0 Å². The highest BCUT2D eigenvalue weighted by atomic mass is 35.5. The van der Waals surface area contributed by atoms with Gasteiger partial charge < -0.3 is 4.74 Å². The van der Waals surface area contributed by atoms with E-state index in [9.17, 15) is 9.59 Å². The van der Waals surface area contributed by atoms with E-state index in [-0.39, 0.29) is 6.42 Å². The number of nitrogens with one attached hydrogen (secondary N) is 1. The zero-order valence-corrected chi connectivity index (χ0v) is 8.07. The van der Waals surface area contributed by atoms with Crippen LogP contribution in [0.4, 0.5) is 0 Å². The highest BCUT2D eigenvalue weighted by molar-refractivity contribution is 6.21. The average molecular weight is 194 g/mol. The van der Waals surface area contributed by atoms with E-state index in [0.717, 1.165) is 0 Å². The molecule has 0 bridgehead atoms. The molecule has 0 aromatic carbocycles. The van der Waals surface area contributed by atoms with Gasteiger partial charge in [-0.2, -0.15) is 0 Å². The average Bonchev–Trinajstić information content (AvgIpc) is 2.02.